The van der Waals surface area contributed by atoms with E-state index in [1.165, 1.54) is 6.20 Å². The fraction of sp³-hybridized carbons (Fsp3) is 0.125. The zero-order valence-electron chi connectivity index (χ0n) is 11.7. The second kappa shape index (κ2) is 4.40. The lowest BCUT2D eigenvalue weighted by atomic mass is 10.2. The van der Waals surface area contributed by atoms with E-state index < -0.39 is 5.63 Å². The standard InChI is InChI=1S/C16H10N4O2/c1-2-12-10(7-17)15-18-8-11-14(20(15)19-12)9-5-3-4-6-13(9)22-16(11)21/h3-6,8H,2H2,1H3. The normalized spacial score (nSPS) is 11.3. The molecule has 0 aliphatic rings. The van der Waals surface area contributed by atoms with Crippen molar-refractivity contribution in [2.75, 3.05) is 0 Å². The minimum absolute atomic E-state index is 0.348. The highest BCUT2D eigenvalue weighted by atomic mass is 16.4. The van der Waals surface area contributed by atoms with Gasteiger partial charge in [0.25, 0.3) is 0 Å². The fourth-order valence-electron chi connectivity index (χ4n) is 2.71. The molecule has 0 N–H and O–H groups in total. The van der Waals surface area contributed by atoms with Gasteiger partial charge < -0.3 is 4.42 Å². The van der Waals surface area contributed by atoms with Crippen molar-refractivity contribution in [3.05, 3.63) is 52.1 Å². The van der Waals surface area contributed by atoms with Crippen LogP contribution in [0.3, 0.4) is 0 Å². The highest BCUT2D eigenvalue weighted by Gasteiger charge is 2.17. The molecule has 1 aromatic carbocycles. The molecule has 22 heavy (non-hydrogen) atoms. The van der Waals surface area contributed by atoms with Gasteiger partial charge >= 0.3 is 5.63 Å². The van der Waals surface area contributed by atoms with Crippen LogP contribution in [0.25, 0.3) is 27.5 Å². The molecule has 0 saturated heterocycles. The predicted molar refractivity (Wildman–Crippen MR) is 80.6 cm³/mol. The molecule has 0 radical (unpaired) electrons. The van der Waals surface area contributed by atoms with Crippen LogP contribution in [0.5, 0.6) is 0 Å². The molecule has 3 aromatic heterocycles. The van der Waals surface area contributed by atoms with E-state index in [4.69, 9.17) is 4.42 Å². The molecule has 3 heterocycles. The van der Waals surface area contributed by atoms with Gasteiger partial charge in [0.2, 0.25) is 0 Å². The average molecular weight is 290 g/mol. The predicted octanol–water partition coefficient (Wildman–Crippen LogP) is 2.42. The second-order valence-corrected chi connectivity index (χ2v) is 4.93. The highest BCUT2D eigenvalue weighted by molar-refractivity contribution is 6.02. The third-order valence-corrected chi connectivity index (χ3v) is 3.73. The third-order valence-electron chi connectivity index (χ3n) is 3.73. The molecule has 106 valence electrons. The maximum atomic E-state index is 12.2. The fourth-order valence-corrected chi connectivity index (χ4v) is 2.71. The summed E-state index contributed by atoms with van der Waals surface area (Å²) in [5, 5.41) is 14.9. The number of nitrogens with zero attached hydrogens (tertiary/aromatic N) is 4. The van der Waals surface area contributed by atoms with Gasteiger partial charge in [-0.25, -0.2) is 14.3 Å². The second-order valence-electron chi connectivity index (χ2n) is 4.93. The molecule has 0 fully saturated rings. The number of hydrogen-bond acceptors (Lipinski definition) is 5. The van der Waals surface area contributed by atoms with E-state index >= 15 is 0 Å². The van der Waals surface area contributed by atoms with E-state index in [1.807, 2.05) is 19.1 Å². The Labute approximate surface area is 124 Å². The molecule has 0 saturated carbocycles. The summed E-state index contributed by atoms with van der Waals surface area (Å²) in [4.78, 5) is 16.4. The zero-order valence-corrected chi connectivity index (χ0v) is 11.7. The van der Waals surface area contributed by atoms with Gasteiger partial charge in [-0.05, 0) is 18.6 Å². The Bertz CT molecular complexity index is 1150. The van der Waals surface area contributed by atoms with Crippen LogP contribution in [0.4, 0.5) is 0 Å². The molecular weight excluding hydrogens is 280 g/mol. The van der Waals surface area contributed by atoms with Crippen molar-refractivity contribution >= 4 is 27.5 Å². The maximum Gasteiger partial charge on any atom is 0.347 e. The highest BCUT2D eigenvalue weighted by Crippen LogP contribution is 2.24. The van der Waals surface area contributed by atoms with Crippen LogP contribution in [0.1, 0.15) is 18.2 Å². The Morgan fingerprint density at radius 3 is 2.91 bits per heavy atom. The van der Waals surface area contributed by atoms with Crippen molar-refractivity contribution in [1.29, 1.82) is 5.26 Å². The molecule has 0 atom stereocenters. The monoisotopic (exact) mass is 290 g/mol. The number of nitriles is 1. The molecule has 6 heteroatoms. The van der Waals surface area contributed by atoms with Crippen LogP contribution in [0, 0.1) is 11.3 Å². The average Bonchev–Trinajstić information content (AvgIpc) is 2.92. The number of para-hydroxylation sites is 1. The molecule has 0 unspecified atom stereocenters. The van der Waals surface area contributed by atoms with E-state index in [0.717, 1.165) is 5.39 Å². The summed E-state index contributed by atoms with van der Waals surface area (Å²) in [6, 6.07) is 9.41. The zero-order chi connectivity index (χ0) is 15.3. The van der Waals surface area contributed by atoms with E-state index in [2.05, 4.69) is 16.2 Å². The SMILES string of the molecule is CCc1nn2c(ncc3c(=O)oc4ccccc4c32)c1C#N. The first-order valence-electron chi connectivity index (χ1n) is 6.87. The van der Waals surface area contributed by atoms with Crippen molar-refractivity contribution in [3.8, 4) is 6.07 Å². The first-order chi connectivity index (χ1) is 10.7. The topological polar surface area (TPSA) is 84.2 Å². The van der Waals surface area contributed by atoms with Crippen LogP contribution in [0.2, 0.25) is 0 Å². The first kappa shape index (κ1) is 12.5. The van der Waals surface area contributed by atoms with Crippen LogP contribution in [0.15, 0.2) is 39.7 Å². The van der Waals surface area contributed by atoms with E-state index in [-0.39, 0.29) is 0 Å². The molecule has 6 nitrogen and oxygen atoms in total. The van der Waals surface area contributed by atoms with Gasteiger partial charge in [-0.3, -0.25) is 0 Å². The molecule has 0 bridgehead atoms. The first-order valence-corrected chi connectivity index (χ1v) is 6.87. The molecule has 0 aliphatic carbocycles. The van der Waals surface area contributed by atoms with Gasteiger partial charge in [0.15, 0.2) is 5.65 Å². The van der Waals surface area contributed by atoms with Gasteiger partial charge in [0.1, 0.15) is 22.6 Å². The number of fused-ring (bicyclic) bond motifs is 5. The van der Waals surface area contributed by atoms with Crippen molar-refractivity contribution in [2.24, 2.45) is 0 Å². The molecule has 4 rings (SSSR count). The van der Waals surface area contributed by atoms with Gasteiger partial charge in [0, 0.05) is 11.6 Å². The Hall–Kier alpha value is -3.20. The lowest BCUT2D eigenvalue weighted by Crippen LogP contribution is -2.05. The van der Waals surface area contributed by atoms with E-state index in [0.29, 0.717) is 39.8 Å². The number of benzene rings is 1. The van der Waals surface area contributed by atoms with Crippen LogP contribution >= 0.6 is 0 Å². The summed E-state index contributed by atoms with van der Waals surface area (Å²) in [7, 11) is 0. The van der Waals surface area contributed by atoms with E-state index in [1.54, 1.807) is 16.6 Å². The van der Waals surface area contributed by atoms with Crippen LogP contribution in [-0.4, -0.2) is 14.6 Å². The Balaban J connectivity index is 2.36. The molecule has 4 aromatic rings. The Kier molecular flexibility index (Phi) is 2.51. The van der Waals surface area contributed by atoms with Gasteiger partial charge in [-0.2, -0.15) is 10.4 Å². The number of aryl methyl sites for hydroxylation is 1. The van der Waals surface area contributed by atoms with Gasteiger partial charge in [-0.15, -0.1) is 0 Å². The van der Waals surface area contributed by atoms with Gasteiger partial charge in [-0.1, -0.05) is 19.1 Å². The number of aromatic nitrogens is 3. The summed E-state index contributed by atoms with van der Waals surface area (Å²) in [5.41, 5.74) is 2.21. The molecule has 0 amide bonds. The van der Waals surface area contributed by atoms with E-state index in [9.17, 15) is 10.1 Å². The van der Waals surface area contributed by atoms with Crippen LogP contribution in [-0.2, 0) is 6.42 Å². The largest absolute Gasteiger partial charge is 0.422 e. The summed E-state index contributed by atoms with van der Waals surface area (Å²) < 4.78 is 6.89. The summed E-state index contributed by atoms with van der Waals surface area (Å²) in [6.07, 6.45) is 2.07. The van der Waals surface area contributed by atoms with Gasteiger partial charge in [0.05, 0.1) is 11.2 Å². The minimum atomic E-state index is -0.463. The quantitative estimate of drug-likeness (QED) is 0.397. The minimum Gasteiger partial charge on any atom is -0.422 e. The number of rotatable bonds is 1. The Morgan fingerprint density at radius 1 is 1.32 bits per heavy atom. The lowest BCUT2D eigenvalue weighted by molar-refractivity contribution is 0.569. The third kappa shape index (κ3) is 1.50. The lowest BCUT2D eigenvalue weighted by Gasteiger charge is -2.03. The van der Waals surface area contributed by atoms with Crippen molar-refractivity contribution < 1.29 is 4.42 Å². The summed E-state index contributed by atoms with van der Waals surface area (Å²) in [6.45, 7) is 1.93. The summed E-state index contributed by atoms with van der Waals surface area (Å²) in [5.74, 6) is 0. The Morgan fingerprint density at radius 2 is 2.14 bits per heavy atom. The maximum absolute atomic E-state index is 12.2. The molecular formula is C16H10N4O2. The van der Waals surface area contributed by atoms with Crippen molar-refractivity contribution in [1.82, 2.24) is 14.6 Å². The van der Waals surface area contributed by atoms with Crippen LogP contribution < -0.4 is 5.63 Å². The molecule has 0 aliphatic heterocycles. The molecule has 0 spiro atoms. The smallest absolute Gasteiger partial charge is 0.347 e. The number of hydrogen-bond donors (Lipinski definition) is 0. The van der Waals surface area contributed by atoms with Crippen molar-refractivity contribution in [3.63, 3.8) is 0 Å². The summed E-state index contributed by atoms with van der Waals surface area (Å²) >= 11 is 0. The van der Waals surface area contributed by atoms with Crippen molar-refractivity contribution in [2.45, 2.75) is 13.3 Å².